The first kappa shape index (κ1) is 5.05. The summed E-state index contributed by atoms with van der Waals surface area (Å²) in [6, 6.07) is 0. The number of hydrogen-bond donors (Lipinski definition) is 1. The van der Waals surface area contributed by atoms with Crippen molar-refractivity contribution in [3.8, 4) is 0 Å². The van der Waals surface area contributed by atoms with E-state index in [4.69, 9.17) is 0 Å². The molecule has 1 saturated heterocycles. The molecule has 0 aromatic rings. The minimum Gasteiger partial charge on any atom is -0.214 e. The van der Waals surface area contributed by atoms with E-state index in [1.165, 1.54) is 0 Å². The molecule has 1 aliphatic rings. The zero-order chi connectivity index (χ0) is 5.49. The predicted octanol–water partition coefficient (Wildman–Crippen LogP) is -0.692. The van der Waals surface area contributed by atoms with Crippen LogP contribution in [0.25, 0.3) is 0 Å². The summed E-state index contributed by atoms with van der Waals surface area (Å²) in [5, 5.41) is -0.160. The fourth-order valence-electron chi connectivity index (χ4n) is 0.386. The Balaban J connectivity index is 2.79. The average molecular weight is 121 g/mol. The lowest BCUT2D eigenvalue weighted by Crippen LogP contribution is -2.50. The summed E-state index contributed by atoms with van der Waals surface area (Å²) in [5.74, 6) is 0. The van der Waals surface area contributed by atoms with Gasteiger partial charge < -0.3 is 0 Å². The van der Waals surface area contributed by atoms with E-state index >= 15 is 0 Å². The Labute approximate surface area is 42.8 Å². The minimum absolute atomic E-state index is 0.160. The van der Waals surface area contributed by atoms with Gasteiger partial charge in [0.2, 0.25) is 10.0 Å². The van der Waals surface area contributed by atoms with Crippen LogP contribution in [-0.4, -0.2) is 20.2 Å². The first-order valence-corrected chi connectivity index (χ1v) is 3.66. The number of rotatable bonds is 0. The zero-order valence-electron chi connectivity index (χ0n) is 4.01. The lowest BCUT2D eigenvalue weighted by Gasteiger charge is -2.22. The second kappa shape index (κ2) is 1.20. The third kappa shape index (κ3) is 0.637. The maximum Gasteiger partial charge on any atom is 0.215 e. The van der Waals surface area contributed by atoms with Crippen LogP contribution in [0.3, 0.4) is 0 Å². The Morgan fingerprint density at radius 3 is 2.14 bits per heavy atom. The molecular weight excluding hydrogens is 114 g/mol. The van der Waals surface area contributed by atoms with Crippen LogP contribution in [0.1, 0.15) is 6.92 Å². The van der Waals surface area contributed by atoms with E-state index in [9.17, 15) is 8.42 Å². The summed E-state index contributed by atoms with van der Waals surface area (Å²) in [4.78, 5) is 0. The second-order valence-electron chi connectivity index (χ2n) is 1.70. The molecule has 3 nitrogen and oxygen atoms in total. The summed E-state index contributed by atoms with van der Waals surface area (Å²) in [5.41, 5.74) is 0. The van der Waals surface area contributed by atoms with Crippen molar-refractivity contribution in [3.63, 3.8) is 0 Å². The van der Waals surface area contributed by atoms with Gasteiger partial charge in [0.15, 0.2) is 0 Å². The molecule has 0 aromatic carbocycles. The standard InChI is InChI=1S/C3H7NO2S/c1-3-2-4-7(3,5)6/h3-4H,2H2,1H3. The van der Waals surface area contributed by atoms with E-state index < -0.39 is 10.0 Å². The molecule has 0 aromatic heterocycles. The molecule has 1 N–H and O–H groups in total. The lowest BCUT2D eigenvalue weighted by atomic mass is 10.5. The smallest absolute Gasteiger partial charge is 0.214 e. The largest absolute Gasteiger partial charge is 0.215 e. The van der Waals surface area contributed by atoms with Crippen LogP contribution in [0.5, 0.6) is 0 Å². The van der Waals surface area contributed by atoms with Crippen LogP contribution in [0.15, 0.2) is 0 Å². The maximum atomic E-state index is 10.3. The fourth-order valence-corrected chi connectivity index (χ4v) is 1.16. The highest BCUT2D eigenvalue weighted by Crippen LogP contribution is 2.05. The Kier molecular flexibility index (Phi) is 0.864. The van der Waals surface area contributed by atoms with E-state index in [1.807, 2.05) is 0 Å². The highest BCUT2D eigenvalue weighted by atomic mass is 32.2. The van der Waals surface area contributed by atoms with Crippen molar-refractivity contribution < 1.29 is 8.42 Å². The maximum absolute atomic E-state index is 10.3. The summed E-state index contributed by atoms with van der Waals surface area (Å²) in [7, 11) is -2.81. The molecular formula is C3H7NO2S. The zero-order valence-corrected chi connectivity index (χ0v) is 4.83. The van der Waals surface area contributed by atoms with E-state index in [0.717, 1.165) is 0 Å². The van der Waals surface area contributed by atoms with Crippen molar-refractivity contribution in [2.24, 2.45) is 0 Å². The van der Waals surface area contributed by atoms with Crippen LogP contribution < -0.4 is 4.72 Å². The number of nitrogens with one attached hydrogen (secondary N) is 1. The summed E-state index contributed by atoms with van der Waals surface area (Å²) >= 11 is 0. The molecule has 0 saturated carbocycles. The minimum atomic E-state index is -2.81. The van der Waals surface area contributed by atoms with E-state index in [2.05, 4.69) is 4.72 Å². The van der Waals surface area contributed by atoms with Gasteiger partial charge in [0.05, 0.1) is 5.25 Å². The van der Waals surface area contributed by atoms with Crippen LogP contribution in [0.4, 0.5) is 0 Å². The van der Waals surface area contributed by atoms with Crippen molar-refractivity contribution in [1.29, 1.82) is 0 Å². The molecule has 1 aliphatic heterocycles. The van der Waals surface area contributed by atoms with Crippen molar-refractivity contribution >= 4 is 10.0 Å². The molecule has 42 valence electrons. The van der Waals surface area contributed by atoms with E-state index in [1.54, 1.807) is 6.92 Å². The van der Waals surface area contributed by atoms with Gasteiger partial charge in [-0.15, -0.1) is 0 Å². The summed E-state index contributed by atoms with van der Waals surface area (Å²) in [6.07, 6.45) is 0. The molecule has 7 heavy (non-hydrogen) atoms. The predicted molar refractivity (Wildman–Crippen MR) is 26.4 cm³/mol. The van der Waals surface area contributed by atoms with Gasteiger partial charge in [-0.1, -0.05) is 0 Å². The van der Waals surface area contributed by atoms with Gasteiger partial charge in [-0.2, -0.15) is 0 Å². The van der Waals surface area contributed by atoms with Gasteiger partial charge in [0.1, 0.15) is 0 Å². The summed E-state index contributed by atoms with van der Waals surface area (Å²) < 4.78 is 22.9. The van der Waals surface area contributed by atoms with Crippen molar-refractivity contribution in [2.45, 2.75) is 12.2 Å². The Morgan fingerprint density at radius 1 is 1.71 bits per heavy atom. The molecule has 0 bridgehead atoms. The van der Waals surface area contributed by atoms with E-state index in [-0.39, 0.29) is 5.25 Å². The van der Waals surface area contributed by atoms with Crippen LogP contribution in [0.2, 0.25) is 0 Å². The Morgan fingerprint density at radius 2 is 2.14 bits per heavy atom. The fraction of sp³-hybridized carbons (Fsp3) is 1.00. The molecule has 1 atom stereocenters. The molecule has 0 radical (unpaired) electrons. The van der Waals surface area contributed by atoms with Gasteiger partial charge in [-0.25, -0.2) is 13.1 Å². The Bertz CT molecular complexity index is 160. The van der Waals surface area contributed by atoms with Crippen LogP contribution >= 0.6 is 0 Å². The van der Waals surface area contributed by atoms with Gasteiger partial charge >= 0.3 is 0 Å². The molecule has 0 spiro atoms. The Hall–Kier alpha value is -0.0900. The molecule has 1 rings (SSSR count). The first-order chi connectivity index (χ1) is 3.13. The van der Waals surface area contributed by atoms with Gasteiger partial charge in [0.25, 0.3) is 0 Å². The van der Waals surface area contributed by atoms with Crippen LogP contribution in [0, 0.1) is 0 Å². The third-order valence-corrected chi connectivity index (χ3v) is 2.90. The average Bonchev–Trinajstić information content (AvgIpc) is 1.63. The van der Waals surface area contributed by atoms with Crippen molar-refractivity contribution in [1.82, 2.24) is 4.72 Å². The number of hydrogen-bond acceptors (Lipinski definition) is 2. The monoisotopic (exact) mass is 121 g/mol. The molecule has 0 aliphatic carbocycles. The third-order valence-electron chi connectivity index (χ3n) is 1.10. The molecule has 4 heteroatoms. The van der Waals surface area contributed by atoms with Crippen molar-refractivity contribution in [2.75, 3.05) is 6.54 Å². The molecule has 0 amide bonds. The molecule has 1 unspecified atom stereocenters. The van der Waals surface area contributed by atoms with Gasteiger partial charge in [0, 0.05) is 6.54 Å². The first-order valence-electron chi connectivity index (χ1n) is 2.11. The number of sulfonamides is 1. The SMILES string of the molecule is CC1CNS1(=O)=O. The van der Waals surface area contributed by atoms with Crippen LogP contribution in [-0.2, 0) is 10.0 Å². The van der Waals surface area contributed by atoms with E-state index in [0.29, 0.717) is 6.54 Å². The highest BCUT2D eigenvalue weighted by Gasteiger charge is 2.29. The normalized spacial score (nSPS) is 37.0. The van der Waals surface area contributed by atoms with Gasteiger partial charge in [-0.3, -0.25) is 0 Å². The topological polar surface area (TPSA) is 46.2 Å². The summed E-state index contributed by atoms with van der Waals surface area (Å²) in [6.45, 7) is 2.30. The lowest BCUT2D eigenvalue weighted by molar-refractivity contribution is 0.540. The molecule has 1 fully saturated rings. The molecule has 1 heterocycles. The quantitative estimate of drug-likeness (QED) is 0.461. The second-order valence-corrected chi connectivity index (χ2v) is 3.89. The highest BCUT2D eigenvalue weighted by molar-refractivity contribution is 7.91. The van der Waals surface area contributed by atoms with Gasteiger partial charge in [-0.05, 0) is 6.92 Å². The van der Waals surface area contributed by atoms with Crippen molar-refractivity contribution in [3.05, 3.63) is 0 Å².